The van der Waals surface area contributed by atoms with E-state index in [4.69, 9.17) is 28.3 Å². The third-order valence-electron chi connectivity index (χ3n) is 4.18. The third-order valence-corrected chi connectivity index (χ3v) is 4.65. The molecule has 0 unspecified atom stereocenters. The summed E-state index contributed by atoms with van der Waals surface area (Å²) in [6.07, 6.45) is 0. The van der Waals surface area contributed by atoms with Crippen LogP contribution < -0.4 is 10.6 Å². The number of fused-ring (bicyclic) bond motifs is 1. The molecule has 32 heavy (non-hydrogen) atoms. The number of amides is 2. The van der Waals surface area contributed by atoms with Gasteiger partial charge in [-0.05, 0) is 42.5 Å². The smallest absolute Gasteiger partial charge is 0.372 e. The van der Waals surface area contributed by atoms with Crippen LogP contribution in [0.15, 0.2) is 42.5 Å². The number of hydrogen-bond donors (Lipinski definition) is 3. The predicted molar refractivity (Wildman–Crippen MR) is 112 cm³/mol. The number of nitrogens with zero attached hydrogens (tertiary/aromatic N) is 2. The molecule has 0 saturated heterocycles. The van der Waals surface area contributed by atoms with Crippen molar-refractivity contribution in [2.24, 2.45) is 0 Å². The van der Waals surface area contributed by atoms with Crippen molar-refractivity contribution in [3.05, 3.63) is 81.2 Å². The number of nitrogens with one attached hydrogen (secondary N) is 2. The maximum Gasteiger partial charge on any atom is 0.372 e. The summed E-state index contributed by atoms with van der Waals surface area (Å²) >= 11 is 11.2. The van der Waals surface area contributed by atoms with E-state index in [9.17, 15) is 23.2 Å². The summed E-state index contributed by atoms with van der Waals surface area (Å²) in [5, 5.41) is 14.7. The first kappa shape index (κ1) is 23.2. The van der Waals surface area contributed by atoms with Crippen molar-refractivity contribution in [3.8, 4) is 0 Å². The van der Waals surface area contributed by atoms with E-state index in [1.165, 1.54) is 34.9 Å². The van der Waals surface area contributed by atoms with Crippen molar-refractivity contribution in [1.82, 2.24) is 14.9 Å². The number of anilines is 1. The van der Waals surface area contributed by atoms with Crippen LogP contribution in [0.2, 0.25) is 10.0 Å². The zero-order valence-electron chi connectivity index (χ0n) is 16.0. The molecule has 12 heteroatoms. The van der Waals surface area contributed by atoms with Crippen LogP contribution in [0.1, 0.15) is 26.7 Å². The number of aromatic nitrogens is 2. The van der Waals surface area contributed by atoms with Gasteiger partial charge in [0.15, 0.2) is 5.82 Å². The monoisotopic (exact) mass is 482 g/mol. The number of rotatable bonds is 3. The molecule has 0 spiro atoms. The zero-order chi connectivity index (χ0) is 23.4. The van der Waals surface area contributed by atoms with Gasteiger partial charge in [-0.2, -0.15) is 0 Å². The van der Waals surface area contributed by atoms with Gasteiger partial charge in [0.25, 0.3) is 5.91 Å². The number of carbonyl (C=O) groups is 3. The lowest BCUT2D eigenvalue weighted by atomic mass is 10.2. The number of carboxylic acids is 1. The molecule has 0 atom stereocenters. The van der Waals surface area contributed by atoms with Crippen LogP contribution in [-0.4, -0.2) is 32.4 Å². The fraction of sp³-hybridized carbons (Fsp3) is 0.100. The van der Waals surface area contributed by atoms with Gasteiger partial charge in [0, 0.05) is 15.6 Å². The minimum Gasteiger partial charge on any atom is -0.475 e. The molecule has 0 aliphatic carbocycles. The summed E-state index contributed by atoms with van der Waals surface area (Å²) in [7, 11) is 0. The molecular formula is C20H14Cl2F2N4O4. The van der Waals surface area contributed by atoms with Crippen molar-refractivity contribution >= 4 is 46.8 Å². The molecule has 1 aromatic heterocycles. The molecule has 166 valence electrons. The summed E-state index contributed by atoms with van der Waals surface area (Å²) in [6, 6.07) is 8.97. The highest BCUT2D eigenvalue weighted by Crippen LogP contribution is 2.22. The van der Waals surface area contributed by atoms with Gasteiger partial charge in [-0.1, -0.05) is 23.2 Å². The molecule has 1 aliphatic heterocycles. The van der Waals surface area contributed by atoms with E-state index in [0.29, 0.717) is 10.7 Å². The Morgan fingerprint density at radius 1 is 1.06 bits per heavy atom. The zero-order valence-corrected chi connectivity index (χ0v) is 17.5. The van der Waals surface area contributed by atoms with Gasteiger partial charge >= 0.3 is 5.97 Å². The lowest BCUT2D eigenvalue weighted by molar-refractivity contribution is -0.122. The average molecular weight is 483 g/mol. The van der Waals surface area contributed by atoms with E-state index in [2.05, 4.69) is 15.6 Å². The lowest BCUT2D eigenvalue weighted by Crippen LogP contribution is -2.35. The second-order valence-electron chi connectivity index (χ2n) is 6.45. The normalized spacial score (nSPS) is 12.2. The molecule has 0 fully saturated rings. The fourth-order valence-electron chi connectivity index (χ4n) is 2.78. The number of hydrogen-bond acceptors (Lipinski definition) is 4. The Morgan fingerprint density at radius 2 is 1.75 bits per heavy atom. The van der Waals surface area contributed by atoms with E-state index in [-0.39, 0.29) is 47.0 Å². The number of halogens is 4. The lowest BCUT2D eigenvalue weighted by Gasteiger charge is -2.17. The first-order valence-electron chi connectivity index (χ1n) is 8.92. The number of imidazole rings is 1. The van der Waals surface area contributed by atoms with Gasteiger partial charge < -0.3 is 20.3 Å². The summed E-state index contributed by atoms with van der Waals surface area (Å²) in [5.41, 5.74) is 0.293. The van der Waals surface area contributed by atoms with Crippen molar-refractivity contribution < 1.29 is 28.3 Å². The van der Waals surface area contributed by atoms with Gasteiger partial charge in [-0.25, -0.2) is 18.6 Å². The first-order chi connectivity index (χ1) is 15.1. The second kappa shape index (κ2) is 9.75. The van der Waals surface area contributed by atoms with Crippen molar-refractivity contribution in [2.75, 3.05) is 5.32 Å². The van der Waals surface area contributed by atoms with Crippen LogP contribution in [0.4, 0.5) is 14.6 Å². The van der Waals surface area contributed by atoms with E-state index in [1.54, 1.807) is 0 Å². The third kappa shape index (κ3) is 5.59. The van der Waals surface area contributed by atoms with Gasteiger partial charge in [-0.15, -0.1) is 0 Å². The maximum atomic E-state index is 13.3. The summed E-state index contributed by atoms with van der Waals surface area (Å²) in [5.74, 6) is -3.72. The molecule has 3 N–H and O–H groups in total. The molecule has 0 radical (unpaired) electrons. The predicted octanol–water partition coefficient (Wildman–Crippen LogP) is 3.74. The van der Waals surface area contributed by atoms with Crippen molar-refractivity contribution in [2.45, 2.75) is 13.1 Å². The van der Waals surface area contributed by atoms with E-state index < -0.39 is 17.7 Å². The van der Waals surface area contributed by atoms with Gasteiger partial charge in [0.05, 0.1) is 12.2 Å². The molecule has 0 bridgehead atoms. The topological polar surface area (TPSA) is 113 Å². The summed E-state index contributed by atoms with van der Waals surface area (Å²) in [4.78, 5) is 38.8. The first-order valence-corrected chi connectivity index (χ1v) is 9.67. The molecule has 2 amide bonds. The second-order valence-corrected chi connectivity index (χ2v) is 7.32. The van der Waals surface area contributed by atoms with Crippen LogP contribution in [0.3, 0.4) is 0 Å². The van der Waals surface area contributed by atoms with Crippen LogP contribution in [0.25, 0.3) is 0 Å². The largest absolute Gasteiger partial charge is 0.475 e. The molecule has 3 aromatic rings. The van der Waals surface area contributed by atoms with Crippen LogP contribution in [0.5, 0.6) is 0 Å². The minimum atomic E-state index is -1.33. The van der Waals surface area contributed by atoms with Crippen molar-refractivity contribution in [3.63, 3.8) is 0 Å². The molecule has 2 aromatic carbocycles. The van der Waals surface area contributed by atoms with Crippen LogP contribution in [0, 0.1) is 11.6 Å². The van der Waals surface area contributed by atoms with Crippen molar-refractivity contribution in [1.29, 1.82) is 0 Å². The van der Waals surface area contributed by atoms with E-state index >= 15 is 0 Å². The number of carbonyl (C=O) groups excluding carboxylic acids is 2. The summed E-state index contributed by atoms with van der Waals surface area (Å²) in [6.45, 7) is -0.204. The highest BCUT2D eigenvalue weighted by molar-refractivity contribution is 6.31. The highest BCUT2D eigenvalue weighted by Gasteiger charge is 2.27. The molecule has 4 rings (SSSR count). The number of carboxylic acid groups (broad SMARTS) is 1. The Bertz CT molecular complexity index is 1160. The minimum absolute atomic E-state index is 0.0125. The van der Waals surface area contributed by atoms with E-state index in [0.717, 1.165) is 12.1 Å². The molecule has 1 aliphatic rings. The fourth-order valence-corrected chi connectivity index (χ4v) is 3.12. The SMILES string of the molecule is Fc1ccc(Cl)cc1.O=C1Cn2c(C(=O)O)nc(NC(=O)c3cc(F)cc(Cl)c3)c2CN1. The Kier molecular flexibility index (Phi) is 7.06. The highest BCUT2D eigenvalue weighted by atomic mass is 35.5. The van der Waals surface area contributed by atoms with Gasteiger partial charge in [-0.3, -0.25) is 9.59 Å². The molecule has 8 nitrogen and oxygen atoms in total. The van der Waals surface area contributed by atoms with Gasteiger partial charge in [0.1, 0.15) is 18.2 Å². The van der Waals surface area contributed by atoms with Gasteiger partial charge in [0.2, 0.25) is 11.7 Å². The Balaban J connectivity index is 0.000000305. The Hall–Kier alpha value is -3.50. The average Bonchev–Trinajstić information content (AvgIpc) is 3.07. The maximum absolute atomic E-state index is 13.3. The Labute approximate surface area is 189 Å². The standard InChI is InChI=1S/C14H10ClFN4O4.C6H4ClF/c15-7-1-6(2-8(16)3-7)13(22)19-11-9-4-17-10(21)5-20(9)12(18-11)14(23)24;7-5-1-3-6(8)4-2-5/h1-3H,4-5H2,(H,17,21)(H,19,22)(H,23,24);1-4H. The Morgan fingerprint density at radius 3 is 2.34 bits per heavy atom. The molecular weight excluding hydrogens is 469 g/mol. The molecule has 0 saturated carbocycles. The number of aromatic carboxylic acids is 1. The van der Waals surface area contributed by atoms with Crippen LogP contribution >= 0.6 is 23.2 Å². The van der Waals surface area contributed by atoms with E-state index in [1.807, 2.05) is 0 Å². The quantitative estimate of drug-likeness (QED) is 0.526. The number of benzene rings is 2. The van der Waals surface area contributed by atoms with Crippen LogP contribution in [-0.2, 0) is 17.9 Å². The summed E-state index contributed by atoms with van der Waals surface area (Å²) < 4.78 is 26.6. The molecule has 2 heterocycles.